The zero-order valence-electron chi connectivity index (χ0n) is 19.7. The number of aliphatic hydroxyl groups is 2. The molecule has 1 aliphatic heterocycles. The Kier molecular flexibility index (Phi) is 6.51. The second-order valence-corrected chi connectivity index (χ2v) is 8.33. The number of imidazole rings is 1. The molecule has 11 heteroatoms. The molecule has 0 saturated carbocycles. The first-order valence-electron chi connectivity index (χ1n) is 11.4. The summed E-state index contributed by atoms with van der Waals surface area (Å²) in [6.07, 6.45) is -3.63. The molecule has 186 valence electrons. The molecule has 1 fully saturated rings. The third kappa shape index (κ3) is 4.35. The van der Waals surface area contributed by atoms with E-state index in [0.717, 1.165) is 11.1 Å². The van der Waals surface area contributed by atoms with Crippen LogP contribution in [-0.2, 0) is 16.1 Å². The van der Waals surface area contributed by atoms with Gasteiger partial charge < -0.3 is 30.3 Å². The average molecular weight is 491 g/mol. The van der Waals surface area contributed by atoms with Crippen LogP contribution >= 0.6 is 0 Å². The number of likely N-dealkylation sites (N-methyl/N-ethyl adjacent to an activating group) is 1. The standard InChI is InChI=1S/C25H26N6O5/c1-26-24(34)20-18(32)19(33)25(36-20)31-13-28-17-22(27-12-14-6-4-3-5-7-14)29-21(30-23(17)31)15-8-10-16(35-2)11-9-15/h3-11,13,18-20,25,32-33H,12H2,1-2H3,(H,26,34)(H,27,29,30)/t18?,19?,20-,25?/m1/s1. The van der Waals surface area contributed by atoms with Crippen LogP contribution in [0.1, 0.15) is 11.8 Å². The van der Waals surface area contributed by atoms with Gasteiger partial charge in [-0.15, -0.1) is 0 Å². The Labute approximate surface area is 206 Å². The number of methoxy groups -OCH3 is 1. The van der Waals surface area contributed by atoms with Gasteiger partial charge in [-0.25, -0.2) is 15.0 Å². The number of nitrogens with one attached hydrogen (secondary N) is 2. The van der Waals surface area contributed by atoms with Gasteiger partial charge in [0.25, 0.3) is 5.91 Å². The minimum absolute atomic E-state index is 0.375. The van der Waals surface area contributed by atoms with E-state index in [2.05, 4.69) is 15.6 Å². The number of hydrogen-bond acceptors (Lipinski definition) is 9. The fourth-order valence-electron chi connectivity index (χ4n) is 4.13. The van der Waals surface area contributed by atoms with Crippen molar-refractivity contribution < 1.29 is 24.5 Å². The van der Waals surface area contributed by atoms with Gasteiger partial charge in [0.05, 0.1) is 13.4 Å². The summed E-state index contributed by atoms with van der Waals surface area (Å²) >= 11 is 0. The Morgan fingerprint density at radius 3 is 2.53 bits per heavy atom. The van der Waals surface area contributed by atoms with Gasteiger partial charge in [0.1, 0.15) is 18.0 Å². The maximum Gasteiger partial charge on any atom is 0.251 e. The zero-order valence-corrected chi connectivity index (χ0v) is 19.7. The van der Waals surface area contributed by atoms with E-state index >= 15 is 0 Å². The van der Waals surface area contributed by atoms with Gasteiger partial charge in [0.2, 0.25) is 0 Å². The third-order valence-electron chi connectivity index (χ3n) is 6.09. The minimum atomic E-state index is -1.41. The van der Waals surface area contributed by atoms with Gasteiger partial charge in [-0.3, -0.25) is 9.36 Å². The van der Waals surface area contributed by atoms with Crippen LogP contribution in [0.15, 0.2) is 60.9 Å². The van der Waals surface area contributed by atoms with E-state index < -0.39 is 30.4 Å². The first-order valence-corrected chi connectivity index (χ1v) is 11.4. The normalized spacial score (nSPS) is 21.4. The summed E-state index contributed by atoms with van der Waals surface area (Å²) in [5.41, 5.74) is 2.63. The number of amides is 1. The number of ether oxygens (including phenoxy) is 2. The molecule has 2 aromatic heterocycles. The Bertz CT molecular complexity index is 1360. The smallest absolute Gasteiger partial charge is 0.251 e. The van der Waals surface area contributed by atoms with Crippen LogP contribution in [0.5, 0.6) is 5.75 Å². The summed E-state index contributed by atoms with van der Waals surface area (Å²) in [6.45, 7) is 0.502. The van der Waals surface area contributed by atoms with E-state index in [-0.39, 0.29) is 0 Å². The van der Waals surface area contributed by atoms with E-state index in [1.165, 1.54) is 17.9 Å². The van der Waals surface area contributed by atoms with Crippen molar-refractivity contribution >= 4 is 22.9 Å². The van der Waals surface area contributed by atoms with Crippen LogP contribution in [0.25, 0.3) is 22.6 Å². The minimum Gasteiger partial charge on any atom is -0.497 e. The quantitative estimate of drug-likeness (QED) is 0.303. The van der Waals surface area contributed by atoms with Gasteiger partial charge in [-0.05, 0) is 29.8 Å². The summed E-state index contributed by atoms with van der Waals surface area (Å²) in [5.74, 6) is 1.07. The van der Waals surface area contributed by atoms with E-state index in [0.29, 0.717) is 35.1 Å². The van der Waals surface area contributed by atoms with Crippen molar-refractivity contribution in [2.75, 3.05) is 19.5 Å². The molecule has 11 nitrogen and oxygen atoms in total. The highest BCUT2D eigenvalue weighted by atomic mass is 16.6. The number of anilines is 1. The second-order valence-electron chi connectivity index (χ2n) is 8.33. The number of rotatable bonds is 7. The Morgan fingerprint density at radius 1 is 1.08 bits per heavy atom. The van der Waals surface area contributed by atoms with Crippen molar-refractivity contribution in [3.63, 3.8) is 0 Å². The lowest BCUT2D eigenvalue weighted by Gasteiger charge is -2.17. The zero-order chi connectivity index (χ0) is 25.2. The molecule has 3 heterocycles. The number of nitrogens with zero attached hydrogens (tertiary/aromatic N) is 4. The Morgan fingerprint density at radius 2 is 1.83 bits per heavy atom. The third-order valence-corrected chi connectivity index (χ3v) is 6.09. The van der Waals surface area contributed by atoms with Gasteiger partial charge >= 0.3 is 0 Å². The largest absolute Gasteiger partial charge is 0.497 e. The maximum absolute atomic E-state index is 12.1. The van der Waals surface area contributed by atoms with Crippen LogP contribution < -0.4 is 15.4 Å². The molecule has 4 atom stereocenters. The fraction of sp³-hybridized carbons (Fsp3) is 0.280. The molecule has 1 saturated heterocycles. The molecule has 0 aliphatic carbocycles. The van der Waals surface area contributed by atoms with Crippen molar-refractivity contribution in [2.45, 2.75) is 31.1 Å². The molecular formula is C25H26N6O5. The lowest BCUT2D eigenvalue weighted by molar-refractivity contribution is -0.137. The predicted octanol–water partition coefficient (Wildman–Crippen LogP) is 1.48. The fourth-order valence-corrected chi connectivity index (χ4v) is 4.13. The lowest BCUT2D eigenvalue weighted by Crippen LogP contribution is -2.41. The Hall–Kier alpha value is -4.06. The van der Waals surface area contributed by atoms with E-state index in [9.17, 15) is 15.0 Å². The maximum atomic E-state index is 12.1. The number of aromatic nitrogens is 4. The van der Waals surface area contributed by atoms with Crippen LogP contribution in [0.2, 0.25) is 0 Å². The van der Waals surface area contributed by atoms with Gasteiger partial charge in [-0.2, -0.15) is 0 Å². The van der Waals surface area contributed by atoms with Crippen molar-refractivity contribution in [3.05, 3.63) is 66.5 Å². The summed E-state index contributed by atoms with van der Waals surface area (Å²) in [4.78, 5) is 26.0. The molecule has 1 amide bonds. The monoisotopic (exact) mass is 490 g/mol. The topological polar surface area (TPSA) is 144 Å². The van der Waals surface area contributed by atoms with E-state index in [1.54, 1.807) is 7.11 Å². The summed E-state index contributed by atoms with van der Waals surface area (Å²) < 4.78 is 12.5. The van der Waals surface area contributed by atoms with Crippen molar-refractivity contribution in [1.82, 2.24) is 24.8 Å². The first-order chi connectivity index (χ1) is 17.5. The van der Waals surface area contributed by atoms with Crippen LogP contribution in [-0.4, -0.2) is 68.1 Å². The summed E-state index contributed by atoms with van der Waals surface area (Å²) in [7, 11) is 3.03. The number of carbonyl (C=O) groups is 1. The van der Waals surface area contributed by atoms with Crippen molar-refractivity contribution in [1.29, 1.82) is 0 Å². The molecule has 2 aromatic carbocycles. The van der Waals surface area contributed by atoms with Crippen LogP contribution in [0.3, 0.4) is 0 Å². The number of fused-ring (bicyclic) bond motifs is 1. The first kappa shape index (κ1) is 23.7. The summed E-state index contributed by atoms with van der Waals surface area (Å²) in [5, 5.41) is 26.9. The van der Waals surface area contributed by atoms with Gasteiger partial charge in [0, 0.05) is 19.2 Å². The highest BCUT2D eigenvalue weighted by molar-refractivity contribution is 5.85. The van der Waals surface area contributed by atoms with E-state index in [4.69, 9.17) is 19.4 Å². The molecular weight excluding hydrogens is 464 g/mol. The van der Waals surface area contributed by atoms with Gasteiger partial charge in [0.15, 0.2) is 35.1 Å². The van der Waals surface area contributed by atoms with Crippen molar-refractivity contribution in [2.24, 2.45) is 0 Å². The number of aliphatic hydroxyl groups excluding tert-OH is 2. The average Bonchev–Trinajstić information content (AvgIpc) is 3.48. The molecule has 0 radical (unpaired) electrons. The molecule has 0 bridgehead atoms. The lowest BCUT2D eigenvalue weighted by atomic mass is 10.1. The number of carbonyl (C=O) groups excluding carboxylic acids is 1. The SMILES string of the molecule is CNC(=O)[C@@H]1OC(n2cnc3c(NCc4ccccc4)nc(-c4ccc(OC)cc4)nc32)C(O)C1O. The summed E-state index contributed by atoms with van der Waals surface area (Å²) in [6, 6.07) is 17.2. The van der Waals surface area contributed by atoms with Crippen LogP contribution in [0, 0.1) is 0 Å². The predicted molar refractivity (Wildman–Crippen MR) is 131 cm³/mol. The molecule has 5 rings (SSSR count). The Balaban J connectivity index is 1.57. The van der Waals surface area contributed by atoms with Gasteiger partial charge in [-0.1, -0.05) is 30.3 Å². The highest BCUT2D eigenvalue weighted by Gasteiger charge is 2.47. The molecule has 1 aliphatic rings. The van der Waals surface area contributed by atoms with E-state index in [1.807, 2.05) is 54.6 Å². The van der Waals surface area contributed by atoms with Crippen molar-refractivity contribution in [3.8, 4) is 17.1 Å². The highest BCUT2D eigenvalue weighted by Crippen LogP contribution is 2.34. The second kappa shape index (κ2) is 9.90. The number of hydrogen-bond donors (Lipinski definition) is 4. The molecule has 4 aromatic rings. The molecule has 3 unspecified atom stereocenters. The van der Waals surface area contributed by atoms with Crippen LogP contribution in [0.4, 0.5) is 5.82 Å². The number of benzene rings is 2. The molecule has 0 spiro atoms. The molecule has 4 N–H and O–H groups in total. The molecule has 36 heavy (non-hydrogen) atoms.